The van der Waals surface area contributed by atoms with E-state index in [0.29, 0.717) is 16.3 Å². The normalized spacial score (nSPS) is 13.2. The highest BCUT2D eigenvalue weighted by atomic mass is 32.1. The van der Waals surface area contributed by atoms with Gasteiger partial charge in [-0.1, -0.05) is 30.3 Å². The fraction of sp³-hybridized carbons (Fsp3) is 0.280. The molecule has 0 fully saturated rings. The molecule has 164 valence electrons. The summed E-state index contributed by atoms with van der Waals surface area (Å²) < 4.78 is 3.20. The average molecular weight is 464 g/mol. The van der Waals surface area contributed by atoms with Crippen LogP contribution in [0.1, 0.15) is 49.7 Å². The second kappa shape index (κ2) is 8.92. The molecule has 2 amide bonds. The summed E-state index contributed by atoms with van der Waals surface area (Å²) in [5.74, 6) is -0.287. The zero-order chi connectivity index (χ0) is 22.1. The van der Waals surface area contributed by atoms with E-state index in [1.807, 2.05) is 24.3 Å². The molecule has 7 heteroatoms. The largest absolute Gasteiger partial charge is 0.355 e. The first-order valence-electron chi connectivity index (χ1n) is 10.9. The van der Waals surface area contributed by atoms with Crippen LogP contribution in [0.4, 0.5) is 5.00 Å². The smallest absolute Gasteiger partial charge is 0.272 e. The summed E-state index contributed by atoms with van der Waals surface area (Å²) in [5, 5.41) is 8.57. The van der Waals surface area contributed by atoms with Gasteiger partial charge in [0.25, 0.3) is 11.8 Å². The number of nitrogens with zero attached hydrogens (tertiary/aromatic N) is 1. The minimum Gasteiger partial charge on any atom is -0.355 e. The fourth-order valence-electron chi connectivity index (χ4n) is 4.48. The van der Waals surface area contributed by atoms with Crippen molar-refractivity contribution in [2.24, 2.45) is 0 Å². The lowest BCUT2D eigenvalue weighted by Gasteiger charge is -2.13. The van der Waals surface area contributed by atoms with Crippen molar-refractivity contribution in [3.05, 3.63) is 75.1 Å². The fourth-order valence-corrected chi connectivity index (χ4v) is 6.58. The van der Waals surface area contributed by atoms with E-state index in [-0.39, 0.29) is 11.8 Å². The second-order valence-electron chi connectivity index (χ2n) is 8.04. The van der Waals surface area contributed by atoms with E-state index in [0.717, 1.165) is 54.4 Å². The quantitative estimate of drug-likeness (QED) is 0.397. The Kier molecular flexibility index (Phi) is 5.85. The number of fused-ring (bicyclic) bond motifs is 2. The molecule has 5 rings (SSSR count). The first-order valence-corrected chi connectivity index (χ1v) is 12.6. The number of hydrogen-bond acceptors (Lipinski definition) is 4. The highest BCUT2D eigenvalue weighted by Gasteiger charge is 2.27. The van der Waals surface area contributed by atoms with E-state index < -0.39 is 0 Å². The summed E-state index contributed by atoms with van der Waals surface area (Å²) in [5.41, 5.74) is 4.70. The van der Waals surface area contributed by atoms with Crippen molar-refractivity contribution in [3.63, 3.8) is 0 Å². The van der Waals surface area contributed by atoms with Crippen LogP contribution in [0.5, 0.6) is 0 Å². The Bertz CT molecular complexity index is 1280. The van der Waals surface area contributed by atoms with Crippen molar-refractivity contribution in [2.75, 3.05) is 12.4 Å². The van der Waals surface area contributed by atoms with Crippen molar-refractivity contribution in [2.45, 2.75) is 38.6 Å². The molecular weight excluding hydrogens is 438 g/mol. The summed E-state index contributed by atoms with van der Waals surface area (Å²) in [6.45, 7) is 0.718. The molecule has 0 unspecified atom stereocenters. The van der Waals surface area contributed by atoms with Gasteiger partial charge in [0.05, 0.1) is 15.8 Å². The van der Waals surface area contributed by atoms with Gasteiger partial charge in [0.2, 0.25) is 0 Å². The van der Waals surface area contributed by atoms with Crippen molar-refractivity contribution < 1.29 is 9.59 Å². The molecule has 0 aliphatic heterocycles. The Morgan fingerprint density at radius 3 is 2.69 bits per heavy atom. The number of amides is 2. The third-order valence-corrected chi connectivity index (χ3v) is 8.14. The highest BCUT2D eigenvalue weighted by molar-refractivity contribution is 7.17. The van der Waals surface area contributed by atoms with Gasteiger partial charge in [0.1, 0.15) is 10.7 Å². The van der Waals surface area contributed by atoms with Gasteiger partial charge in [0.15, 0.2) is 0 Å². The van der Waals surface area contributed by atoms with Crippen LogP contribution in [0.3, 0.4) is 0 Å². The summed E-state index contributed by atoms with van der Waals surface area (Å²) in [4.78, 5) is 27.3. The third kappa shape index (κ3) is 3.87. The number of aryl methyl sites for hydroxylation is 3. The second-order valence-corrected chi connectivity index (χ2v) is 10.1. The molecule has 0 atom stereocenters. The van der Waals surface area contributed by atoms with Crippen LogP contribution < -0.4 is 10.6 Å². The van der Waals surface area contributed by atoms with Crippen LogP contribution in [0.15, 0.2) is 47.8 Å². The Hall–Kier alpha value is -2.90. The van der Waals surface area contributed by atoms with E-state index in [1.165, 1.54) is 10.4 Å². The van der Waals surface area contributed by atoms with Crippen LogP contribution >= 0.6 is 22.7 Å². The molecule has 3 aromatic heterocycles. The molecule has 1 aliphatic rings. The number of benzene rings is 1. The van der Waals surface area contributed by atoms with Gasteiger partial charge >= 0.3 is 0 Å². The zero-order valence-corrected chi connectivity index (χ0v) is 19.6. The van der Waals surface area contributed by atoms with Crippen LogP contribution in [0.2, 0.25) is 0 Å². The number of hydrogen-bond donors (Lipinski definition) is 2. The maximum Gasteiger partial charge on any atom is 0.272 e. The van der Waals surface area contributed by atoms with Crippen LogP contribution in [0, 0.1) is 0 Å². The lowest BCUT2D eigenvalue weighted by atomic mass is 9.95. The van der Waals surface area contributed by atoms with Crippen molar-refractivity contribution in [1.82, 2.24) is 9.88 Å². The molecule has 0 spiro atoms. The first kappa shape index (κ1) is 21.0. The predicted octanol–water partition coefficient (Wildman–Crippen LogP) is 5.50. The van der Waals surface area contributed by atoms with Crippen molar-refractivity contribution >= 4 is 49.7 Å². The van der Waals surface area contributed by atoms with Crippen LogP contribution in [-0.2, 0) is 25.8 Å². The Morgan fingerprint density at radius 1 is 1.06 bits per heavy atom. The highest BCUT2D eigenvalue weighted by Crippen LogP contribution is 2.38. The zero-order valence-electron chi connectivity index (χ0n) is 17.9. The maximum atomic E-state index is 13.4. The Labute approximate surface area is 195 Å². The molecular formula is C25H25N3O2S2. The number of rotatable bonds is 6. The number of anilines is 1. The molecule has 3 heterocycles. The van der Waals surface area contributed by atoms with Crippen molar-refractivity contribution in [1.29, 1.82) is 0 Å². The summed E-state index contributed by atoms with van der Waals surface area (Å²) in [6.07, 6.45) is 4.93. The average Bonchev–Trinajstić information content (AvgIpc) is 3.50. The SMILES string of the molecule is CNC(=O)c1c(NC(=O)c2cc3sccc3n2CCc2ccccc2)sc2c1CCCC2. The van der Waals surface area contributed by atoms with Crippen molar-refractivity contribution in [3.8, 4) is 0 Å². The molecule has 0 bridgehead atoms. The molecule has 0 radical (unpaired) electrons. The van der Waals surface area contributed by atoms with E-state index in [2.05, 4.69) is 38.8 Å². The van der Waals surface area contributed by atoms with E-state index >= 15 is 0 Å². The van der Waals surface area contributed by atoms with Gasteiger partial charge in [-0.25, -0.2) is 0 Å². The molecule has 0 saturated carbocycles. The molecule has 5 nitrogen and oxygen atoms in total. The maximum absolute atomic E-state index is 13.4. The number of aromatic nitrogens is 1. The number of nitrogens with one attached hydrogen (secondary N) is 2. The molecule has 32 heavy (non-hydrogen) atoms. The van der Waals surface area contributed by atoms with E-state index in [4.69, 9.17) is 0 Å². The minimum atomic E-state index is -0.162. The first-order chi connectivity index (χ1) is 15.7. The Morgan fingerprint density at radius 2 is 1.88 bits per heavy atom. The van der Waals surface area contributed by atoms with Gasteiger partial charge in [-0.3, -0.25) is 9.59 Å². The minimum absolute atomic E-state index is 0.125. The third-order valence-electron chi connectivity index (χ3n) is 6.07. The lowest BCUT2D eigenvalue weighted by molar-refractivity contribution is 0.0963. The summed E-state index contributed by atoms with van der Waals surface area (Å²) in [7, 11) is 1.64. The van der Waals surface area contributed by atoms with E-state index in [9.17, 15) is 9.59 Å². The van der Waals surface area contributed by atoms with Gasteiger partial charge in [0, 0.05) is 18.5 Å². The van der Waals surface area contributed by atoms with E-state index in [1.54, 1.807) is 29.7 Å². The number of carbonyl (C=O) groups is 2. The van der Waals surface area contributed by atoms with Gasteiger partial charge < -0.3 is 15.2 Å². The van der Waals surface area contributed by atoms with Crippen LogP contribution in [-0.4, -0.2) is 23.4 Å². The molecule has 2 N–H and O–H groups in total. The number of carbonyl (C=O) groups excluding carboxylic acids is 2. The molecule has 0 saturated heterocycles. The predicted molar refractivity (Wildman–Crippen MR) is 132 cm³/mol. The summed E-state index contributed by atoms with van der Waals surface area (Å²) >= 11 is 3.19. The molecule has 1 aromatic carbocycles. The van der Waals surface area contributed by atoms with Gasteiger partial charge in [-0.15, -0.1) is 22.7 Å². The Balaban J connectivity index is 1.46. The molecule has 1 aliphatic carbocycles. The monoisotopic (exact) mass is 463 g/mol. The number of thiophene rings is 2. The van der Waals surface area contributed by atoms with Gasteiger partial charge in [-0.05, 0) is 60.7 Å². The van der Waals surface area contributed by atoms with Crippen LogP contribution in [0.25, 0.3) is 10.2 Å². The topological polar surface area (TPSA) is 63.1 Å². The standard InChI is InChI=1S/C25H25N3O2S2/c1-26-24(30)22-17-9-5-6-10-20(17)32-25(22)27-23(29)19-15-21-18(12-14-31-21)28(19)13-11-16-7-3-2-4-8-16/h2-4,7-8,12,14-15H,5-6,9-11,13H2,1H3,(H,26,30)(H,27,29). The lowest BCUT2D eigenvalue weighted by Crippen LogP contribution is -2.23. The summed E-state index contributed by atoms with van der Waals surface area (Å²) in [6, 6.07) is 14.4. The van der Waals surface area contributed by atoms with Gasteiger partial charge in [-0.2, -0.15) is 0 Å². The molecule has 4 aromatic rings.